The minimum Gasteiger partial charge on any atom is -0.355 e. The van der Waals surface area contributed by atoms with E-state index in [0.717, 1.165) is 24.2 Å². The summed E-state index contributed by atoms with van der Waals surface area (Å²) in [5, 5.41) is 7.22. The van der Waals surface area contributed by atoms with E-state index in [-0.39, 0.29) is 11.8 Å². The summed E-state index contributed by atoms with van der Waals surface area (Å²) in [6, 6.07) is 17.5. The summed E-state index contributed by atoms with van der Waals surface area (Å²) in [6.45, 7) is 3.19. The number of benzene rings is 2. The molecule has 1 amide bonds. The lowest BCUT2D eigenvalue weighted by molar-refractivity contribution is 0.0705. The zero-order valence-corrected chi connectivity index (χ0v) is 15.3. The van der Waals surface area contributed by atoms with Crippen molar-refractivity contribution in [2.75, 3.05) is 18.4 Å². The van der Waals surface area contributed by atoms with E-state index in [1.165, 1.54) is 0 Å². The quantitative estimate of drug-likeness (QED) is 0.755. The van der Waals surface area contributed by atoms with Crippen LogP contribution in [0.15, 0.2) is 59.1 Å². The number of amides is 1. The molecule has 2 heterocycles. The number of likely N-dealkylation sites (tertiary alicyclic amines) is 1. The van der Waals surface area contributed by atoms with Crippen LogP contribution in [-0.4, -0.2) is 34.0 Å². The number of hydrogen-bond donors (Lipinski definition) is 1. The Balaban J connectivity index is 1.46. The second kappa shape index (κ2) is 7.61. The number of carbonyl (C=O) groups is 1. The molecule has 2 aromatic carbocycles. The molecule has 0 bridgehead atoms. The highest BCUT2D eigenvalue weighted by atomic mass is 16.5. The molecule has 1 N–H and O–H groups in total. The van der Waals surface area contributed by atoms with Crippen LogP contribution in [0.4, 0.5) is 11.4 Å². The van der Waals surface area contributed by atoms with Crippen LogP contribution in [0.2, 0.25) is 0 Å². The summed E-state index contributed by atoms with van der Waals surface area (Å²) < 4.78 is 5.30. The van der Waals surface area contributed by atoms with Gasteiger partial charge in [-0.1, -0.05) is 35.5 Å². The molecule has 4 rings (SSSR count). The van der Waals surface area contributed by atoms with Crippen LogP contribution in [0.5, 0.6) is 0 Å². The average molecular weight is 362 g/mol. The Morgan fingerprint density at radius 3 is 2.48 bits per heavy atom. The van der Waals surface area contributed by atoms with Crippen molar-refractivity contribution in [3.8, 4) is 0 Å². The maximum Gasteiger partial charge on any atom is 0.255 e. The molecular weight excluding hydrogens is 340 g/mol. The molecule has 0 saturated carbocycles. The van der Waals surface area contributed by atoms with Crippen molar-refractivity contribution in [1.82, 2.24) is 15.0 Å². The Kier molecular flexibility index (Phi) is 4.87. The van der Waals surface area contributed by atoms with Gasteiger partial charge in [0.2, 0.25) is 5.89 Å². The number of rotatable bonds is 4. The zero-order chi connectivity index (χ0) is 18.6. The molecule has 3 aromatic rings. The number of para-hydroxylation sites is 2. The van der Waals surface area contributed by atoms with E-state index < -0.39 is 0 Å². The molecule has 6 nitrogen and oxygen atoms in total. The van der Waals surface area contributed by atoms with Gasteiger partial charge in [0.1, 0.15) is 0 Å². The van der Waals surface area contributed by atoms with E-state index in [0.29, 0.717) is 30.4 Å². The van der Waals surface area contributed by atoms with E-state index in [2.05, 4.69) is 15.5 Å². The molecule has 1 saturated heterocycles. The van der Waals surface area contributed by atoms with Crippen molar-refractivity contribution < 1.29 is 9.32 Å². The monoisotopic (exact) mass is 362 g/mol. The smallest absolute Gasteiger partial charge is 0.255 e. The zero-order valence-electron chi connectivity index (χ0n) is 15.3. The maximum atomic E-state index is 13.1. The van der Waals surface area contributed by atoms with Crippen LogP contribution >= 0.6 is 0 Å². The van der Waals surface area contributed by atoms with Crippen molar-refractivity contribution in [2.45, 2.75) is 25.7 Å². The van der Waals surface area contributed by atoms with E-state index in [9.17, 15) is 4.79 Å². The van der Waals surface area contributed by atoms with Gasteiger partial charge in [0.05, 0.1) is 11.3 Å². The van der Waals surface area contributed by atoms with Gasteiger partial charge in [0.15, 0.2) is 5.82 Å². The molecule has 6 heteroatoms. The molecule has 1 aliphatic rings. The molecule has 0 unspecified atom stereocenters. The van der Waals surface area contributed by atoms with Crippen molar-refractivity contribution >= 4 is 17.3 Å². The third-order valence-electron chi connectivity index (χ3n) is 4.88. The highest BCUT2D eigenvalue weighted by Gasteiger charge is 2.28. The number of carbonyl (C=O) groups excluding carboxylic acids is 1. The fraction of sp³-hybridized carbons (Fsp3) is 0.286. The molecule has 1 aromatic heterocycles. The minimum absolute atomic E-state index is 0.0502. The lowest BCUT2D eigenvalue weighted by atomic mass is 9.96. The summed E-state index contributed by atoms with van der Waals surface area (Å²) in [5.41, 5.74) is 2.47. The molecule has 0 aliphatic carbocycles. The second-order valence-electron chi connectivity index (χ2n) is 6.78. The van der Waals surface area contributed by atoms with Gasteiger partial charge in [-0.05, 0) is 44.0 Å². The van der Waals surface area contributed by atoms with Gasteiger partial charge in [-0.3, -0.25) is 4.79 Å². The van der Waals surface area contributed by atoms with E-state index in [1.807, 2.05) is 66.4 Å². The summed E-state index contributed by atoms with van der Waals surface area (Å²) >= 11 is 0. The molecule has 0 atom stereocenters. The second-order valence-corrected chi connectivity index (χ2v) is 6.78. The van der Waals surface area contributed by atoms with E-state index in [4.69, 9.17) is 4.52 Å². The Bertz CT molecular complexity index is 915. The molecule has 0 spiro atoms. The Hall–Kier alpha value is -3.15. The highest BCUT2D eigenvalue weighted by molar-refractivity contribution is 6.00. The first-order valence-electron chi connectivity index (χ1n) is 9.21. The van der Waals surface area contributed by atoms with Crippen LogP contribution < -0.4 is 5.32 Å². The molecule has 0 radical (unpaired) electrons. The standard InChI is InChI=1S/C21H22N4O2/c1-15-22-20(27-24-15)16-11-13-25(14-12-16)21(26)18-9-5-6-10-19(18)23-17-7-3-2-4-8-17/h2-10,16,23H,11-14H2,1H3. The SMILES string of the molecule is Cc1noc(C2CCN(C(=O)c3ccccc3Nc3ccccc3)CC2)n1. The van der Waals surface area contributed by atoms with Crippen LogP contribution in [-0.2, 0) is 0 Å². The molecule has 1 aliphatic heterocycles. The number of hydrogen-bond acceptors (Lipinski definition) is 5. The van der Waals surface area contributed by atoms with Gasteiger partial charge in [-0.15, -0.1) is 0 Å². The first-order valence-corrected chi connectivity index (χ1v) is 9.21. The number of anilines is 2. The van der Waals surface area contributed by atoms with Crippen molar-refractivity contribution in [3.05, 3.63) is 71.9 Å². The normalized spacial score (nSPS) is 14.9. The Morgan fingerprint density at radius 2 is 1.78 bits per heavy atom. The van der Waals surface area contributed by atoms with E-state index >= 15 is 0 Å². The topological polar surface area (TPSA) is 71.3 Å². The largest absolute Gasteiger partial charge is 0.355 e. The predicted octanol–water partition coefficient (Wildman–Crippen LogP) is 4.14. The summed E-state index contributed by atoms with van der Waals surface area (Å²) in [4.78, 5) is 19.3. The van der Waals surface area contributed by atoms with Crippen LogP contribution in [0.25, 0.3) is 0 Å². The third kappa shape index (κ3) is 3.84. The summed E-state index contributed by atoms with van der Waals surface area (Å²) in [6.07, 6.45) is 1.67. The van der Waals surface area contributed by atoms with Crippen LogP contribution in [0.1, 0.15) is 40.8 Å². The number of nitrogens with zero attached hydrogens (tertiary/aromatic N) is 3. The maximum absolute atomic E-state index is 13.1. The van der Waals surface area contributed by atoms with Gasteiger partial charge >= 0.3 is 0 Å². The van der Waals surface area contributed by atoms with Gasteiger partial charge in [-0.25, -0.2) is 0 Å². The highest BCUT2D eigenvalue weighted by Crippen LogP contribution is 2.29. The Morgan fingerprint density at radius 1 is 1.07 bits per heavy atom. The van der Waals surface area contributed by atoms with Crippen LogP contribution in [0, 0.1) is 6.92 Å². The number of piperidine rings is 1. The summed E-state index contributed by atoms with van der Waals surface area (Å²) in [7, 11) is 0. The van der Waals surface area contributed by atoms with Crippen molar-refractivity contribution in [3.63, 3.8) is 0 Å². The lowest BCUT2D eigenvalue weighted by Gasteiger charge is -2.31. The molecule has 27 heavy (non-hydrogen) atoms. The van der Waals surface area contributed by atoms with Gasteiger partial charge < -0.3 is 14.7 Å². The number of aryl methyl sites for hydroxylation is 1. The first-order chi connectivity index (χ1) is 13.2. The molecule has 1 fully saturated rings. The Labute approximate surface area is 158 Å². The number of nitrogens with one attached hydrogen (secondary N) is 1. The van der Waals surface area contributed by atoms with Crippen LogP contribution in [0.3, 0.4) is 0 Å². The summed E-state index contributed by atoms with van der Waals surface area (Å²) in [5.74, 6) is 1.62. The first kappa shape index (κ1) is 17.3. The minimum atomic E-state index is 0.0502. The fourth-order valence-electron chi connectivity index (χ4n) is 3.43. The van der Waals surface area contributed by atoms with Crippen molar-refractivity contribution in [1.29, 1.82) is 0 Å². The number of aromatic nitrogens is 2. The molecular formula is C21H22N4O2. The fourth-order valence-corrected chi connectivity index (χ4v) is 3.43. The predicted molar refractivity (Wildman–Crippen MR) is 103 cm³/mol. The van der Waals surface area contributed by atoms with E-state index in [1.54, 1.807) is 0 Å². The average Bonchev–Trinajstić information content (AvgIpc) is 3.15. The van der Waals surface area contributed by atoms with Gasteiger partial charge in [0, 0.05) is 24.7 Å². The molecule has 138 valence electrons. The van der Waals surface area contributed by atoms with Gasteiger partial charge in [-0.2, -0.15) is 4.98 Å². The third-order valence-corrected chi connectivity index (χ3v) is 4.88. The van der Waals surface area contributed by atoms with Crippen molar-refractivity contribution in [2.24, 2.45) is 0 Å². The lowest BCUT2D eigenvalue weighted by Crippen LogP contribution is -2.38. The van der Waals surface area contributed by atoms with Gasteiger partial charge in [0.25, 0.3) is 5.91 Å².